The Balaban J connectivity index is 0.00000361. The highest BCUT2D eigenvalue weighted by Crippen LogP contribution is 2.19. The van der Waals surface area contributed by atoms with E-state index in [1.165, 1.54) is 0 Å². The zero-order valence-electron chi connectivity index (χ0n) is 11.4. The van der Waals surface area contributed by atoms with Crippen LogP contribution in [0.2, 0.25) is 5.02 Å². The molecule has 0 spiro atoms. The van der Waals surface area contributed by atoms with Crippen LogP contribution >= 0.6 is 35.8 Å². The third-order valence-corrected chi connectivity index (χ3v) is 3.54. The van der Waals surface area contributed by atoms with E-state index in [1.54, 1.807) is 18.9 Å². The fraction of sp³-hybridized carbons (Fsp3) is 0.462. The molecule has 0 unspecified atom stereocenters. The number of rotatable bonds is 9. The van der Waals surface area contributed by atoms with Crippen LogP contribution in [0.25, 0.3) is 0 Å². The molecule has 0 heterocycles. The molecular weight excluding hydrogens is 319 g/mol. The van der Waals surface area contributed by atoms with Gasteiger partial charge in [-0.05, 0) is 24.3 Å². The van der Waals surface area contributed by atoms with Crippen molar-refractivity contribution in [1.82, 2.24) is 10.6 Å². The van der Waals surface area contributed by atoms with Crippen LogP contribution in [-0.4, -0.2) is 45.0 Å². The molecule has 4 nitrogen and oxygen atoms in total. The Hall–Kier alpha value is -0.460. The normalized spacial score (nSPS) is 9.90. The monoisotopic (exact) mass is 338 g/mol. The fourth-order valence-electron chi connectivity index (χ4n) is 1.33. The number of benzene rings is 1. The molecule has 0 fully saturated rings. The number of carbonyl (C=O) groups excluding carboxylic acids is 1. The van der Waals surface area contributed by atoms with E-state index in [1.807, 2.05) is 24.3 Å². The van der Waals surface area contributed by atoms with Gasteiger partial charge in [0, 0.05) is 35.9 Å². The average Bonchev–Trinajstić information content (AvgIpc) is 2.42. The van der Waals surface area contributed by atoms with Gasteiger partial charge in [0.25, 0.3) is 0 Å². The van der Waals surface area contributed by atoms with E-state index in [9.17, 15) is 4.79 Å². The minimum Gasteiger partial charge on any atom is -0.383 e. The average molecular weight is 339 g/mol. The van der Waals surface area contributed by atoms with E-state index >= 15 is 0 Å². The standard InChI is InChI=1S/C13H19ClN2O2S.ClH/c1-18-8-6-15-10-13(17)16-7-9-19-12-4-2-11(14)3-5-12;/h2-5,15H,6-10H2,1H3,(H,16,17);1H. The molecule has 0 aromatic heterocycles. The van der Waals surface area contributed by atoms with Gasteiger partial charge >= 0.3 is 0 Å². The summed E-state index contributed by atoms with van der Waals surface area (Å²) in [6.45, 7) is 2.27. The minimum atomic E-state index is 0. The second-order valence-electron chi connectivity index (χ2n) is 3.82. The van der Waals surface area contributed by atoms with Gasteiger partial charge in [0.15, 0.2) is 0 Å². The predicted molar refractivity (Wildman–Crippen MR) is 87.2 cm³/mol. The molecule has 7 heteroatoms. The van der Waals surface area contributed by atoms with Crippen molar-refractivity contribution in [2.75, 3.05) is 39.1 Å². The lowest BCUT2D eigenvalue weighted by Gasteiger charge is -2.06. The van der Waals surface area contributed by atoms with Gasteiger partial charge in [0.05, 0.1) is 13.2 Å². The zero-order valence-corrected chi connectivity index (χ0v) is 13.7. The molecule has 1 amide bonds. The van der Waals surface area contributed by atoms with Crippen LogP contribution in [0.1, 0.15) is 0 Å². The molecular formula is C13H20Cl2N2O2S. The number of nitrogens with one attached hydrogen (secondary N) is 2. The molecule has 0 saturated heterocycles. The molecule has 1 aromatic rings. The molecule has 0 aliphatic rings. The molecule has 2 N–H and O–H groups in total. The van der Waals surface area contributed by atoms with Crippen LogP contribution in [0.4, 0.5) is 0 Å². The van der Waals surface area contributed by atoms with Gasteiger partial charge < -0.3 is 15.4 Å². The molecule has 1 aromatic carbocycles. The van der Waals surface area contributed by atoms with E-state index in [-0.39, 0.29) is 18.3 Å². The zero-order chi connectivity index (χ0) is 13.9. The Morgan fingerprint density at radius 3 is 2.65 bits per heavy atom. The van der Waals surface area contributed by atoms with E-state index in [2.05, 4.69) is 10.6 Å². The smallest absolute Gasteiger partial charge is 0.233 e. The summed E-state index contributed by atoms with van der Waals surface area (Å²) in [7, 11) is 1.63. The first-order chi connectivity index (χ1) is 9.22. The quantitative estimate of drug-likeness (QED) is 0.535. The molecule has 0 radical (unpaired) electrons. The maximum atomic E-state index is 11.4. The lowest BCUT2D eigenvalue weighted by atomic mass is 10.4. The van der Waals surface area contributed by atoms with Gasteiger partial charge in [-0.3, -0.25) is 4.79 Å². The topological polar surface area (TPSA) is 50.4 Å². The maximum absolute atomic E-state index is 11.4. The lowest BCUT2D eigenvalue weighted by Crippen LogP contribution is -2.36. The largest absolute Gasteiger partial charge is 0.383 e. The Bertz CT molecular complexity index is 377. The van der Waals surface area contributed by atoms with E-state index in [0.717, 1.165) is 15.7 Å². The van der Waals surface area contributed by atoms with Gasteiger partial charge in [-0.25, -0.2) is 0 Å². The Labute approximate surface area is 135 Å². The molecule has 114 valence electrons. The van der Waals surface area contributed by atoms with Crippen LogP contribution < -0.4 is 10.6 Å². The van der Waals surface area contributed by atoms with Crippen molar-refractivity contribution in [3.8, 4) is 0 Å². The SMILES string of the molecule is COCCNCC(=O)NCCSc1ccc(Cl)cc1.Cl. The third kappa shape index (κ3) is 9.44. The van der Waals surface area contributed by atoms with Gasteiger partial charge in [-0.2, -0.15) is 0 Å². The summed E-state index contributed by atoms with van der Waals surface area (Å²) in [6, 6.07) is 7.67. The maximum Gasteiger partial charge on any atom is 0.233 e. The van der Waals surface area contributed by atoms with E-state index in [0.29, 0.717) is 26.2 Å². The Morgan fingerprint density at radius 1 is 1.30 bits per heavy atom. The van der Waals surface area contributed by atoms with Crippen molar-refractivity contribution < 1.29 is 9.53 Å². The predicted octanol–water partition coefficient (Wildman–Crippen LogP) is 2.21. The second kappa shape index (κ2) is 12.3. The Kier molecular flexibility index (Phi) is 12.0. The van der Waals surface area contributed by atoms with E-state index < -0.39 is 0 Å². The van der Waals surface area contributed by atoms with Crippen molar-refractivity contribution in [2.24, 2.45) is 0 Å². The third-order valence-electron chi connectivity index (χ3n) is 2.28. The summed E-state index contributed by atoms with van der Waals surface area (Å²) >= 11 is 7.49. The summed E-state index contributed by atoms with van der Waals surface area (Å²) in [4.78, 5) is 12.6. The van der Waals surface area contributed by atoms with Crippen molar-refractivity contribution in [1.29, 1.82) is 0 Å². The molecule has 0 bridgehead atoms. The molecule has 20 heavy (non-hydrogen) atoms. The van der Waals surface area contributed by atoms with Crippen LogP contribution in [-0.2, 0) is 9.53 Å². The van der Waals surface area contributed by atoms with Crippen LogP contribution in [0.5, 0.6) is 0 Å². The second-order valence-corrected chi connectivity index (χ2v) is 5.43. The van der Waals surface area contributed by atoms with Gasteiger partial charge in [-0.15, -0.1) is 24.2 Å². The van der Waals surface area contributed by atoms with Crippen molar-refractivity contribution in [3.05, 3.63) is 29.3 Å². The highest BCUT2D eigenvalue weighted by atomic mass is 35.5. The number of methoxy groups -OCH3 is 1. The number of hydrogen-bond acceptors (Lipinski definition) is 4. The number of thioether (sulfide) groups is 1. The van der Waals surface area contributed by atoms with Crippen molar-refractivity contribution >= 4 is 41.7 Å². The van der Waals surface area contributed by atoms with Crippen LogP contribution in [0, 0.1) is 0 Å². The number of ether oxygens (including phenoxy) is 1. The first-order valence-corrected chi connectivity index (χ1v) is 7.43. The van der Waals surface area contributed by atoms with Crippen molar-refractivity contribution in [2.45, 2.75) is 4.90 Å². The molecule has 0 aliphatic heterocycles. The molecule has 0 aliphatic carbocycles. The Morgan fingerprint density at radius 2 is 2.00 bits per heavy atom. The highest BCUT2D eigenvalue weighted by molar-refractivity contribution is 7.99. The number of carbonyl (C=O) groups is 1. The summed E-state index contributed by atoms with van der Waals surface area (Å²) in [5.74, 6) is 0.846. The highest BCUT2D eigenvalue weighted by Gasteiger charge is 2.00. The first-order valence-electron chi connectivity index (χ1n) is 6.07. The van der Waals surface area contributed by atoms with Gasteiger partial charge in [-0.1, -0.05) is 11.6 Å². The summed E-state index contributed by atoms with van der Waals surface area (Å²) in [6.07, 6.45) is 0. The van der Waals surface area contributed by atoms with Crippen LogP contribution in [0.15, 0.2) is 29.2 Å². The molecule has 1 rings (SSSR count). The van der Waals surface area contributed by atoms with E-state index in [4.69, 9.17) is 16.3 Å². The fourth-order valence-corrected chi connectivity index (χ4v) is 2.22. The summed E-state index contributed by atoms with van der Waals surface area (Å²) in [5, 5.41) is 6.58. The minimum absolute atomic E-state index is 0. The van der Waals surface area contributed by atoms with Gasteiger partial charge in [0.2, 0.25) is 5.91 Å². The van der Waals surface area contributed by atoms with Crippen molar-refractivity contribution in [3.63, 3.8) is 0 Å². The number of amides is 1. The first kappa shape index (κ1) is 19.5. The molecule has 0 atom stereocenters. The number of hydrogen-bond donors (Lipinski definition) is 2. The number of halogens is 2. The van der Waals surface area contributed by atoms with Crippen LogP contribution in [0.3, 0.4) is 0 Å². The lowest BCUT2D eigenvalue weighted by molar-refractivity contribution is -0.120. The summed E-state index contributed by atoms with van der Waals surface area (Å²) < 4.78 is 4.87. The summed E-state index contributed by atoms with van der Waals surface area (Å²) in [5.41, 5.74) is 0. The van der Waals surface area contributed by atoms with Gasteiger partial charge in [0.1, 0.15) is 0 Å². The molecule has 0 saturated carbocycles.